The number of hydrogen-bond acceptors (Lipinski definition) is 3. The van der Waals surface area contributed by atoms with Crippen molar-refractivity contribution in [3.8, 4) is 5.75 Å². The van der Waals surface area contributed by atoms with E-state index in [4.69, 9.17) is 4.74 Å². The van der Waals surface area contributed by atoms with Gasteiger partial charge in [0.15, 0.2) is 0 Å². The first-order valence-corrected chi connectivity index (χ1v) is 8.61. The summed E-state index contributed by atoms with van der Waals surface area (Å²) in [5.41, 5.74) is 4.65. The van der Waals surface area contributed by atoms with Gasteiger partial charge < -0.3 is 15.0 Å². The number of hydrogen-bond donors (Lipinski definition) is 1. The second-order valence-corrected chi connectivity index (χ2v) is 6.52. The van der Waals surface area contributed by atoms with Crippen LogP contribution >= 0.6 is 0 Å². The van der Waals surface area contributed by atoms with Gasteiger partial charge in [0.25, 0.3) is 0 Å². The molecular formula is C21H26N2O3. The van der Waals surface area contributed by atoms with E-state index in [1.54, 1.807) is 12.0 Å². The van der Waals surface area contributed by atoms with Gasteiger partial charge in [-0.1, -0.05) is 12.1 Å². The lowest BCUT2D eigenvalue weighted by Crippen LogP contribution is -2.32. The van der Waals surface area contributed by atoms with Crippen LogP contribution in [0.1, 0.15) is 30.0 Å². The van der Waals surface area contributed by atoms with Crippen molar-refractivity contribution in [1.29, 1.82) is 0 Å². The molecule has 138 valence electrons. The minimum absolute atomic E-state index is 0.0871. The van der Waals surface area contributed by atoms with Crippen molar-refractivity contribution in [3.63, 3.8) is 0 Å². The van der Waals surface area contributed by atoms with E-state index in [0.717, 1.165) is 22.4 Å². The molecule has 0 radical (unpaired) electrons. The molecule has 0 atom stereocenters. The molecule has 0 bridgehead atoms. The van der Waals surface area contributed by atoms with Crippen LogP contribution in [0.2, 0.25) is 0 Å². The third kappa shape index (κ3) is 5.09. The molecule has 0 aromatic heterocycles. The number of amides is 2. The molecule has 0 unspecified atom stereocenters. The van der Waals surface area contributed by atoms with Gasteiger partial charge in [0.2, 0.25) is 11.8 Å². The van der Waals surface area contributed by atoms with Gasteiger partial charge in [-0.05, 0) is 61.7 Å². The number of carbonyl (C=O) groups is 2. The first-order valence-electron chi connectivity index (χ1n) is 8.61. The Bertz CT molecular complexity index is 795. The maximum Gasteiger partial charge on any atom is 0.226 e. The normalized spacial score (nSPS) is 10.3. The summed E-state index contributed by atoms with van der Waals surface area (Å²) < 4.78 is 5.28. The fourth-order valence-corrected chi connectivity index (χ4v) is 2.92. The highest BCUT2D eigenvalue weighted by molar-refractivity contribution is 5.95. The molecule has 2 aromatic rings. The molecule has 0 aliphatic rings. The topological polar surface area (TPSA) is 58.6 Å². The summed E-state index contributed by atoms with van der Waals surface area (Å²) in [5.74, 6) is 0.363. The zero-order chi connectivity index (χ0) is 19.3. The minimum atomic E-state index is -0.162. The zero-order valence-electron chi connectivity index (χ0n) is 16.1. The van der Waals surface area contributed by atoms with Crippen LogP contribution in [-0.4, -0.2) is 25.5 Å². The van der Waals surface area contributed by atoms with Crippen molar-refractivity contribution in [2.24, 2.45) is 0 Å². The SMILES string of the molecule is COc1ccc(C)cc1NC(=O)CCN(C(C)=O)c1cc(C)cc(C)c1. The van der Waals surface area contributed by atoms with Gasteiger partial charge in [0.05, 0.1) is 12.8 Å². The Morgan fingerprint density at radius 2 is 1.65 bits per heavy atom. The summed E-state index contributed by atoms with van der Waals surface area (Å²) in [6.45, 7) is 7.76. The van der Waals surface area contributed by atoms with E-state index in [0.29, 0.717) is 18.0 Å². The van der Waals surface area contributed by atoms with E-state index >= 15 is 0 Å². The molecule has 0 heterocycles. The second kappa shape index (κ2) is 8.52. The van der Waals surface area contributed by atoms with E-state index in [1.807, 2.05) is 51.1 Å². The predicted molar refractivity (Wildman–Crippen MR) is 105 cm³/mol. The molecule has 0 spiro atoms. The summed E-state index contributed by atoms with van der Waals surface area (Å²) in [6.07, 6.45) is 0.198. The number of nitrogens with one attached hydrogen (secondary N) is 1. The Morgan fingerprint density at radius 1 is 1.00 bits per heavy atom. The minimum Gasteiger partial charge on any atom is -0.495 e. The van der Waals surface area contributed by atoms with Crippen molar-refractivity contribution in [2.45, 2.75) is 34.1 Å². The molecule has 2 aromatic carbocycles. The number of benzene rings is 2. The summed E-state index contributed by atoms with van der Waals surface area (Å²) in [4.78, 5) is 26.1. The molecule has 0 saturated heterocycles. The van der Waals surface area contributed by atoms with Crippen molar-refractivity contribution in [3.05, 3.63) is 53.1 Å². The maximum absolute atomic E-state index is 12.4. The number of rotatable bonds is 6. The molecule has 5 nitrogen and oxygen atoms in total. The van der Waals surface area contributed by atoms with E-state index in [9.17, 15) is 9.59 Å². The Kier molecular flexibility index (Phi) is 6.39. The number of ether oxygens (including phenoxy) is 1. The highest BCUT2D eigenvalue weighted by atomic mass is 16.5. The molecule has 0 aliphatic carbocycles. The van der Waals surface area contributed by atoms with Crippen LogP contribution in [0.3, 0.4) is 0 Å². The van der Waals surface area contributed by atoms with Crippen LogP contribution in [0.5, 0.6) is 5.75 Å². The van der Waals surface area contributed by atoms with Gasteiger partial charge >= 0.3 is 0 Å². The number of anilines is 2. The standard InChI is InChI=1S/C21H26N2O3/c1-14-6-7-20(26-5)19(13-14)22-21(25)8-9-23(17(4)24)18-11-15(2)10-16(3)12-18/h6-7,10-13H,8-9H2,1-5H3,(H,22,25). The Labute approximate surface area is 155 Å². The van der Waals surface area contributed by atoms with Crippen LogP contribution in [-0.2, 0) is 9.59 Å². The van der Waals surface area contributed by atoms with Gasteiger partial charge in [-0.2, -0.15) is 0 Å². The summed E-state index contributed by atoms with van der Waals surface area (Å²) in [7, 11) is 1.57. The Balaban J connectivity index is 2.08. The van der Waals surface area contributed by atoms with E-state index in [-0.39, 0.29) is 18.2 Å². The smallest absolute Gasteiger partial charge is 0.226 e. The summed E-state index contributed by atoms with van der Waals surface area (Å²) in [6, 6.07) is 11.6. The van der Waals surface area contributed by atoms with Crippen LogP contribution < -0.4 is 15.0 Å². The van der Waals surface area contributed by atoms with Crippen molar-refractivity contribution in [1.82, 2.24) is 0 Å². The van der Waals surface area contributed by atoms with Gasteiger partial charge in [0.1, 0.15) is 5.75 Å². The van der Waals surface area contributed by atoms with Gasteiger partial charge in [-0.3, -0.25) is 9.59 Å². The summed E-state index contributed by atoms with van der Waals surface area (Å²) >= 11 is 0. The van der Waals surface area contributed by atoms with E-state index in [2.05, 4.69) is 11.4 Å². The average Bonchev–Trinajstić information content (AvgIpc) is 2.54. The third-order valence-corrected chi connectivity index (χ3v) is 4.09. The quantitative estimate of drug-likeness (QED) is 0.853. The Morgan fingerprint density at radius 3 is 2.23 bits per heavy atom. The zero-order valence-corrected chi connectivity index (χ0v) is 16.1. The molecule has 5 heteroatoms. The van der Waals surface area contributed by atoms with Crippen molar-refractivity contribution >= 4 is 23.2 Å². The third-order valence-electron chi connectivity index (χ3n) is 4.09. The fourth-order valence-electron chi connectivity index (χ4n) is 2.92. The number of carbonyl (C=O) groups excluding carboxylic acids is 2. The van der Waals surface area contributed by atoms with E-state index in [1.165, 1.54) is 6.92 Å². The van der Waals surface area contributed by atoms with Gasteiger partial charge in [-0.15, -0.1) is 0 Å². The second-order valence-electron chi connectivity index (χ2n) is 6.52. The lowest BCUT2D eigenvalue weighted by Gasteiger charge is -2.22. The molecular weight excluding hydrogens is 328 g/mol. The average molecular weight is 354 g/mol. The number of aryl methyl sites for hydroxylation is 3. The molecule has 2 amide bonds. The van der Waals surface area contributed by atoms with Crippen LogP contribution in [0.15, 0.2) is 36.4 Å². The number of methoxy groups -OCH3 is 1. The number of nitrogens with zero attached hydrogens (tertiary/aromatic N) is 1. The van der Waals surface area contributed by atoms with Crippen LogP contribution in [0.25, 0.3) is 0 Å². The molecule has 0 aliphatic heterocycles. The van der Waals surface area contributed by atoms with Crippen molar-refractivity contribution < 1.29 is 14.3 Å². The van der Waals surface area contributed by atoms with E-state index < -0.39 is 0 Å². The summed E-state index contributed by atoms with van der Waals surface area (Å²) in [5, 5.41) is 2.87. The molecule has 0 saturated carbocycles. The predicted octanol–water partition coefficient (Wildman–Crippen LogP) is 4.00. The monoisotopic (exact) mass is 354 g/mol. The van der Waals surface area contributed by atoms with Gasteiger partial charge in [-0.25, -0.2) is 0 Å². The maximum atomic E-state index is 12.4. The highest BCUT2D eigenvalue weighted by Crippen LogP contribution is 2.25. The lowest BCUT2D eigenvalue weighted by molar-refractivity contribution is -0.117. The van der Waals surface area contributed by atoms with Gasteiger partial charge in [0, 0.05) is 25.6 Å². The van der Waals surface area contributed by atoms with Crippen LogP contribution in [0.4, 0.5) is 11.4 Å². The first-order chi connectivity index (χ1) is 12.3. The Hall–Kier alpha value is -2.82. The molecule has 2 rings (SSSR count). The highest BCUT2D eigenvalue weighted by Gasteiger charge is 2.15. The van der Waals surface area contributed by atoms with Crippen molar-refractivity contribution in [2.75, 3.05) is 23.9 Å². The molecule has 1 N–H and O–H groups in total. The fraction of sp³-hybridized carbons (Fsp3) is 0.333. The van der Waals surface area contributed by atoms with Crippen LogP contribution in [0, 0.1) is 20.8 Å². The lowest BCUT2D eigenvalue weighted by atomic mass is 10.1. The molecule has 26 heavy (non-hydrogen) atoms. The molecule has 0 fully saturated rings. The first kappa shape index (κ1) is 19.5. The largest absolute Gasteiger partial charge is 0.495 e.